The summed E-state index contributed by atoms with van der Waals surface area (Å²) in [5.74, 6) is -45.2. The van der Waals surface area contributed by atoms with Gasteiger partial charge in [-0.15, -0.1) is 0 Å². The van der Waals surface area contributed by atoms with Gasteiger partial charge >= 0.3 is 0 Å². The smallest absolute Gasteiger partial charge is 0.265 e. The number of hydrogen-bond acceptors (Lipinski definition) is 1. The Morgan fingerprint density at radius 3 is 0.822 bits per heavy atom. The molecule has 0 fully saturated rings. The van der Waals surface area contributed by atoms with Crippen molar-refractivity contribution in [2.75, 3.05) is 18.0 Å². The molecule has 0 radical (unpaired) electrons. The average Bonchev–Trinajstić information content (AvgIpc) is 3.04. The van der Waals surface area contributed by atoms with Crippen molar-refractivity contribution in [3.05, 3.63) is 118 Å². The maximum atomic E-state index is 14.4. The van der Waals surface area contributed by atoms with Crippen molar-refractivity contribution in [2.24, 2.45) is 0 Å². The number of halogens is 15. The third kappa shape index (κ3) is 6.16. The normalized spacial score (nSPS) is 11.0. The van der Waals surface area contributed by atoms with Crippen LogP contribution in [0.3, 0.4) is 0 Å². The molecule has 0 saturated heterocycles. The molecule has 0 N–H and O–H groups in total. The number of anilines is 1. The highest BCUT2D eigenvalue weighted by Crippen LogP contribution is 2.23. The van der Waals surface area contributed by atoms with Gasteiger partial charge in [-0.3, -0.25) is 0 Å². The van der Waals surface area contributed by atoms with Crippen LogP contribution in [-0.4, -0.2) is 19.8 Å². The summed E-state index contributed by atoms with van der Waals surface area (Å²) in [6, 6.07) is 10.5. The van der Waals surface area contributed by atoms with E-state index in [0.29, 0.717) is 0 Å². The Kier molecular flexibility index (Phi) is 10.8. The monoisotopic (exact) mass is 661 g/mol. The van der Waals surface area contributed by atoms with E-state index in [9.17, 15) is 65.9 Å². The quantitative estimate of drug-likeness (QED) is 0.0950. The number of para-hydroxylation sites is 1. The summed E-state index contributed by atoms with van der Waals surface area (Å²) in [6.45, 7) is 2.56. The lowest BCUT2D eigenvalue weighted by atomic mass is 9.36. The Balaban J connectivity index is 0.000000423. The fourth-order valence-electron chi connectivity index (χ4n) is 4.29. The molecule has 17 heteroatoms. The van der Waals surface area contributed by atoms with E-state index in [1.54, 1.807) is 0 Å². The van der Waals surface area contributed by atoms with E-state index in [-0.39, 0.29) is 0 Å². The van der Waals surface area contributed by atoms with Crippen LogP contribution in [0.2, 0.25) is 0 Å². The molecule has 0 unspecified atom stereocenters. The molecule has 240 valence electrons. The first-order valence-corrected chi connectivity index (χ1v) is 12.4. The van der Waals surface area contributed by atoms with Gasteiger partial charge in [-0.1, -0.05) is 18.2 Å². The van der Waals surface area contributed by atoms with Crippen LogP contribution in [0.25, 0.3) is 0 Å². The average molecular weight is 661 g/mol. The van der Waals surface area contributed by atoms with Gasteiger partial charge in [-0.25, -0.2) is 65.9 Å². The minimum atomic E-state index is -3.96. The maximum Gasteiger partial charge on any atom is 0.265 e. The molecule has 4 aromatic carbocycles. The highest BCUT2D eigenvalue weighted by molar-refractivity contribution is 6.95. The van der Waals surface area contributed by atoms with Gasteiger partial charge in [0, 0.05) is 35.2 Å². The molecular formula is C28H15BF15N. The molecule has 4 aromatic rings. The molecule has 0 atom stereocenters. The van der Waals surface area contributed by atoms with E-state index in [2.05, 4.69) is 43.0 Å². The van der Waals surface area contributed by atoms with Crippen LogP contribution in [0.1, 0.15) is 13.8 Å². The van der Waals surface area contributed by atoms with Gasteiger partial charge in [0.15, 0.2) is 87.3 Å². The van der Waals surface area contributed by atoms with E-state index in [4.69, 9.17) is 0 Å². The minimum absolute atomic E-state index is 1.08. The van der Waals surface area contributed by atoms with Gasteiger partial charge in [0.05, 0.1) is 0 Å². The highest BCUT2D eigenvalue weighted by atomic mass is 19.2. The molecule has 4 rings (SSSR count). The predicted octanol–water partition coefficient (Wildman–Crippen LogP) is 6.82. The van der Waals surface area contributed by atoms with Crippen molar-refractivity contribution in [2.45, 2.75) is 13.8 Å². The van der Waals surface area contributed by atoms with Gasteiger partial charge in [-0.05, 0) is 26.0 Å². The van der Waals surface area contributed by atoms with Crippen LogP contribution >= 0.6 is 0 Å². The molecule has 0 aliphatic rings. The van der Waals surface area contributed by atoms with Crippen molar-refractivity contribution in [3.63, 3.8) is 0 Å². The molecule has 0 aliphatic carbocycles. The van der Waals surface area contributed by atoms with E-state index in [1.165, 1.54) is 5.69 Å². The SMILES string of the molecule is CCN(CC)c1ccccc1.Fc1c(F)c(F)c(B(c2c(F)c(F)c(F)c(F)c2F)c2c(F)c(F)c(F)c(F)c2F)c(F)c1F. The molecular weight excluding hydrogens is 646 g/mol. The standard InChI is InChI=1S/C18BF15.C10H15N/c20-4-1(5(21)11(27)16(32)10(4)26)19(2-6(22)12(28)17(33)13(29)7(2)23)3-8(24)14(30)18(34)15(31)9(3)25;1-3-11(4-2)10-8-6-5-7-9-10/h;5-9H,3-4H2,1-2H3. The Morgan fingerprint density at radius 2 is 0.600 bits per heavy atom. The van der Waals surface area contributed by atoms with Crippen LogP contribution in [-0.2, 0) is 0 Å². The largest absolute Gasteiger partial charge is 0.372 e. The summed E-state index contributed by atoms with van der Waals surface area (Å²) in [4.78, 5) is 2.33. The van der Waals surface area contributed by atoms with Gasteiger partial charge in [0.1, 0.15) is 0 Å². The van der Waals surface area contributed by atoms with Gasteiger partial charge in [-0.2, -0.15) is 0 Å². The lowest BCUT2D eigenvalue weighted by Gasteiger charge is -2.21. The van der Waals surface area contributed by atoms with Crippen molar-refractivity contribution in [1.29, 1.82) is 0 Å². The molecule has 0 aliphatic heterocycles. The van der Waals surface area contributed by atoms with Crippen molar-refractivity contribution in [1.82, 2.24) is 0 Å². The first kappa shape index (κ1) is 35.2. The summed E-state index contributed by atoms with van der Waals surface area (Å²) >= 11 is 0. The third-order valence-electron chi connectivity index (χ3n) is 6.48. The molecule has 45 heavy (non-hydrogen) atoms. The Hall–Kier alpha value is -4.31. The molecule has 0 heterocycles. The zero-order chi connectivity index (χ0) is 34.1. The van der Waals surface area contributed by atoms with Crippen LogP contribution < -0.4 is 21.3 Å². The van der Waals surface area contributed by atoms with Crippen LogP contribution in [0.15, 0.2) is 30.3 Å². The van der Waals surface area contributed by atoms with Gasteiger partial charge < -0.3 is 4.90 Å². The molecule has 1 nitrogen and oxygen atoms in total. The minimum Gasteiger partial charge on any atom is -0.372 e. The summed E-state index contributed by atoms with van der Waals surface area (Å²) in [5, 5.41) is 0. The van der Waals surface area contributed by atoms with Crippen LogP contribution in [0.4, 0.5) is 71.5 Å². The maximum absolute atomic E-state index is 14.4. The molecule has 0 bridgehead atoms. The topological polar surface area (TPSA) is 3.24 Å². The number of rotatable bonds is 6. The second kappa shape index (κ2) is 13.8. The Morgan fingerprint density at radius 1 is 0.378 bits per heavy atom. The fraction of sp³-hybridized carbons (Fsp3) is 0.143. The number of hydrogen-bond donors (Lipinski definition) is 0. The first-order chi connectivity index (χ1) is 21.0. The van der Waals surface area contributed by atoms with Crippen molar-refractivity contribution in [3.8, 4) is 0 Å². The summed E-state index contributed by atoms with van der Waals surface area (Å²) < 4.78 is 209. The summed E-state index contributed by atoms with van der Waals surface area (Å²) in [5.41, 5.74) is -6.72. The van der Waals surface area contributed by atoms with Gasteiger partial charge in [0.25, 0.3) is 6.71 Å². The van der Waals surface area contributed by atoms with Crippen LogP contribution in [0.5, 0.6) is 0 Å². The molecule has 0 amide bonds. The van der Waals surface area contributed by atoms with Crippen molar-refractivity contribution >= 4 is 28.8 Å². The zero-order valence-electron chi connectivity index (χ0n) is 22.5. The van der Waals surface area contributed by atoms with E-state index in [0.717, 1.165) is 13.1 Å². The molecule has 0 spiro atoms. The lowest BCUT2D eigenvalue weighted by Crippen LogP contribution is -2.60. The van der Waals surface area contributed by atoms with Gasteiger partial charge in [0.2, 0.25) is 0 Å². The molecule has 0 saturated carbocycles. The first-order valence-electron chi connectivity index (χ1n) is 12.4. The fourth-order valence-corrected chi connectivity index (χ4v) is 4.29. The second-order valence-corrected chi connectivity index (χ2v) is 8.89. The Bertz CT molecular complexity index is 1490. The predicted molar refractivity (Wildman–Crippen MR) is 133 cm³/mol. The highest BCUT2D eigenvalue weighted by Gasteiger charge is 2.45. The lowest BCUT2D eigenvalue weighted by molar-refractivity contribution is 0.380. The number of benzene rings is 4. The van der Waals surface area contributed by atoms with E-state index >= 15 is 0 Å². The summed E-state index contributed by atoms with van der Waals surface area (Å²) in [6.07, 6.45) is 0. The second-order valence-electron chi connectivity index (χ2n) is 8.89. The van der Waals surface area contributed by atoms with Crippen molar-refractivity contribution < 1.29 is 65.9 Å². The van der Waals surface area contributed by atoms with E-state index in [1.807, 2.05) is 6.07 Å². The van der Waals surface area contributed by atoms with E-state index < -0.39 is 110 Å². The Labute approximate surface area is 244 Å². The summed E-state index contributed by atoms with van der Waals surface area (Å²) in [7, 11) is 0. The zero-order valence-corrected chi connectivity index (χ0v) is 22.5. The van der Waals surface area contributed by atoms with Crippen LogP contribution in [0, 0.1) is 87.3 Å². The number of nitrogens with zero attached hydrogens (tertiary/aromatic N) is 1. The third-order valence-corrected chi connectivity index (χ3v) is 6.48. The molecule has 0 aromatic heterocycles.